The van der Waals surface area contributed by atoms with Gasteiger partial charge in [0.1, 0.15) is 189 Å². The number of aliphatic hydroxyl groups is 23. The normalized spacial score (nSPS) is 51.2. The summed E-state index contributed by atoms with van der Waals surface area (Å²) in [5.41, 5.74) is -0.214. The zero-order valence-electron chi connectivity index (χ0n) is 50.6. The molecule has 30 saturated heterocycles. The first kappa shape index (κ1) is 77.1. The second-order valence-electron chi connectivity index (χ2n) is 24.4. The van der Waals surface area contributed by atoms with Gasteiger partial charge < -0.3 is 198 Å². The van der Waals surface area contributed by atoms with Gasteiger partial charge in [-0.1, -0.05) is 12.1 Å². The van der Waals surface area contributed by atoms with Crippen LogP contribution in [0, 0.1) is 0 Å². The van der Waals surface area contributed by atoms with Gasteiger partial charge in [0.2, 0.25) is 0 Å². The summed E-state index contributed by atoms with van der Waals surface area (Å²) in [7, 11) is 0. The molecule has 0 amide bonds. The average Bonchev–Trinajstić information content (AvgIpc) is 0.780. The van der Waals surface area contributed by atoms with Gasteiger partial charge in [-0.3, -0.25) is 0 Å². The van der Waals surface area contributed by atoms with E-state index in [-0.39, 0.29) is 10.5 Å². The lowest BCUT2D eigenvalue weighted by atomic mass is 9.95. The summed E-state index contributed by atoms with van der Waals surface area (Å²) in [4.78, 5) is 12.4. The third-order valence-corrected chi connectivity index (χ3v) is 19.4. The smallest absolute Gasteiger partial charge is 0.336 e. The van der Waals surface area contributed by atoms with E-state index in [1.54, 1.807) is 0 Å². The highest BCUT2D eigenvalue weighted by Crippen LogP contribution is 2.41. The SMILES string of the molecule is O=C(O)c1ccccc1SC[C@H]1O[C@@H]2O[C@H]3[C@H](O)[C@@H](O)[C@@H](O[C@H]4[C@H](O)[C@@H](O)[C@@H](O[C@H]5[C@H](O)[C@@H](O)[C@@H](O[C@H]6[C@H](O)[C@@H](O)[C@@H](O[C@H]7[C@@H](O)[C@H](O)[C@@H](O[C@H]8[C@H](O)[C@@H](O)[C@@H](O[C@H]9[C@@H](O)[C@H](O)[C@@H](O[C@H]1[C@H](O)[C@H]2O)O[C@@H]9CO)O[C@@H]8CO)O[C@@H]7CO)O[C@@H]6CO)O[C@H]5CO)O[C@H]4CO)O[C@H]3CO. The Bertz CT molecular complexity index is 2630. The summed E-state index contributed by atoms with van der Waals surface area (Å²) in [5, 5.41) is 268. The van der Waals surface area contributed by atoms with Crippen LogP contribution in [0.15, 0.2) is 29.2 Å². The highest BCUT2D eigenvalue weighted by atomic mass is 32.2. The molecule has 556 valence electrons. The zero-order valence-corrected chi connectivity index (χ0v) is 51.5. The minimum atomic E-state index is -2.29. The van der Waals surface area contributed by atoms with Gasteiger partial charge in [-0.05, 0) is 12.1 Å². The number of ether oxygens (including phenoxy) is 16. The van der Waals surface area contributed by atoms with E-state index >= 15 is 0 Å². The molecule has 16 bridgehead atoms. The van der Waals surface area contributed by atoms with E-state index < -0.39 is 304 Å². The summed E-state index contributed by atoms with van der Waals surface area (Å²) >= 11 is 0.793. The van der Waals surface area contributed by atoms with Crippen LogP contribution in [0.4, 0.5) is 0 Å². The van der Waals surface area contributed by atoms with Crippen LogP contribution < -0.4 is 0 Å². The van der Waals surface area contributed by atoms with E-state index in [0.29, 0.717) is 0 Å². The van der Waals surface area contributed by atoms with E-state index in [0.717, 1.165) is 11.8 Å². The number of thioether (sulfide) groups is 1. The van der Waals surface area contributed by atoms with Gasteiger partial charge in [0.25, 0.3) is 0 Å². The topological polar surface area (TPSA) is 650 Å². The maximum absolute atomic E-state index is 12.2. The minimum absolute atomic E-state index is 0.110. The number of aromatic carboxylic acids is 1. The first-order chi connectivity index (χ1) is 46.2. The minimum Gasteiger partial charge on any atom is -0.478 e. The number of hydrogen-bond donors (Lipinski definition) is 24. The molecule has 30 heterocycles. The quantitative estimate of drug-likeness (QED) is 0.0915. The molecule has 42 heteroatoms. The second-order valence-corrected chi connectivity index (χ2v) is 25.5. The summed E-state index contributed by atoms with van der Waals surface area (Å²) in [5.74, 6) is -1.81. The predicted octanol–water partition coefficient (Wildman–Crippen LogP) is -14.9. The monoisotopic (exact) mass is 1430 g/mol. The van der Waals surface area contributed by atoms with Crippen LogP contribution in [0.2, 0.25) is 0 Å². The number of benzene rings is 1. The first-order valence-electron chi connectivity index (χ1n) is 30.8. The number of hydrogen-bond acceptors (Lipinski definition) is 41. The molecule has 0 spiro atoms. The molecular formula is C55H84O41S. The third-order valence-electron chi connectivity index (χ3n) is 18.2. The summed E-state index contributed by atoms with van der Waals surface area (Å²) < 4.78 is 92.8. The van der Waals surface area contributed by atoms with Crippen molar-refractivity contribution in [2.24, 2.45) is 0 Å². The van der Waals surface area contributed by atoms with Gasteiger partial charge in [0.05, 0.1) is 57.9 Å². The van der Waals surface area contributed by atoms with Crippen LogP contribution in [0.3, 0.4) is 0 Å². The molecule has 24 N–H and O–H groups in total. The fourth-order valence-electron chi connectivity index (χ4n) is 12.8. The molecule has 1 aromatic rings. The van der Waals surface area contributed by atoms with Crippen molar-refractivity contribution in [3.63, 3.8) is 0 Å². The Hall–Kier alpha value is -2.52. The van der Waals surface area contributed by atoms with Gasteiger partial charge in [0.15, 0.2) is 50.3 Å². The van der Waals surface area contributed by atoms with Crippen molar-refractivity contribution in [1.29, 1.82) is 0 Å². The Morgan fingerprint density at radius 2 is 0.443 bits per heavy atom. The summed E-state index contributed by atoms with van der Waals surface area (Å²) in [6, 6.07) is 5.57. The van der Waals surface area contributed by atoms with Crippen molar-refractivity contribution in [1.82, 2.24) is 0 Å². The standard InChI is InChI=1S/C55H84O41S/c56-5-14-39-23(63)31(71)48(81-14)90-40-15(6-57)83-50(33(73)25(40)65)92-42-17(8-59)85-52(35(75)27(42)67)94-44-19(10-61)87-54(37(77)29(44)69)96-46-21(12-97-22-4-2-1-3-13(22)47(79)80)88-55(38(78)30(46)70)95-45-20(11-62)86-53(36(76)28(45)68)93-43-18(9-60)84-51(34(74)26(43)66)91-41-16(7-58)82-49(89-39)32(72)24(41)64/h1-4,14-21,23-46,48-78H,5-12H2,(H,79,80)/t14-,15-,16+,17-,18+,19-,20+,21-,23-,24-,25+,26-,27-,28-,29+,30-,31-,32-,33+,34-,35-,36-,37+,38-,39-,40-,41-,42-,43-,44-,45-,46-,48-,49-,50-,51-,52-,53-,54-,55-/m1/s1. The number of carbonyl (C=O) groups is 1. The van der Waals surface area contributed by atoms with Crippen molar-refractivity contribution in [3.05, 3.63) is 29.8 Å². The second kappa shape index (κ2) is 33.1. The molecule has 30 aliphatic rings. The molecule has 31 rings (SSSR count). The van der Waals surface area contributed by atoms with Gasteiger partial charge in [-0.25, -0.2) is 4.79 Å². The van der Waals surface area contributed by atoms with Gasteiger partial charge in [-0.15, -0.1) is 11.8 Å². The summed E-state index contributed by atoms with van der Waals surface area (Å²) in [6.45, 7) is -7.68. The van der Waals surface area contributed by atoms with Gasteiger partial charge >= 0.3 is 5.97 Å². The molecule has 30 aliphatic heterocycles. The number of carboxylic acids is 1. The molecule has 40 atom stereocenters. The molecule has 30 fully saturated rings. The van der Waals surface area contributed by atoms with E-state index in [1.807, 2.05) is 0 Å². The number of aliphatic hydroxyl groups excluding tert-OH is 23. The third kappa shape index (κ3) is 15.7. The fraction of sp³-hybridized carbons (Fsp3) is 0.873. The van der Waals surface area contributed by atoms with E-state index in [2.05, 4.69) is 0 Å². The lowest BCUT2D eigenvalue weighted by Crippen LogP contribution is -2.69. The first-order valence-corrected chi connectivity index (χ1v) is 31.8. The maximum atomic E-state index is 12.2. The molecular weight excluding hydrogens is 1350 g/mol. The Morgan fingerprint density at radius 1 is 0.268 bits per heavy atom. The Balaban J connectivity index is 0.936. The fourth-order valence-corrected chi connectivity index (χ4v) is 13.9. The molecule has 0 aliphatic carbocycles. The van der Waals surface area contributed by atoms with Crippen LogP contribution >= 0.6 is 11.8 Å². The van der Waals surface area contributed by atoms with Crippen molar-refractivity contribution in [2.45, 2.75) is 251 Å². The zero-order chi connectivity index (χ0) is 70.3. The van der Waals surface area contributed by atoms with Crippen LogP contribution in [0.5, 0.6) is 0 Å². The van der Waals surface area contributed by atoms with Gasteiger partial charge in [0, 0.05) is 10.6 Å². The van der Waals surface area contributed by atoms with Crippen LogP contribution in [0.25, 0.3) is 0 Å². The molecule has 0 radical (unpaired) electrons. The van der Waals surface area contributed by atoms with Gasteiger partial charge in [-0.2, -0.15) is 0 Å². The maximum Gasteiger partial charge on any atom is 0.336 e. The average molecular weight is 1430 g/mol. The lowest BCUT2D eigenvalue weighted by Gasteiger charge is -2.50. The predicted molar refractivity (Wildman–Crippen MR) is 298 cm³/mol. The molecule has 41 nitrogen and oxygen atoms in total. The number of rotatable bonds is 11. The Morgan fingerprint density at radius 3 is 0.629 bits per heavy atom. The van der Waals surface area contributed by atoms with E-state index in [9.17, 15) is 127 Å². The van der Waals surface area contributed by atoms with Crippen molar-refractivity contribution in [2.75, 3.05) is 52.0 Å². The van der Waals surface area contributed by atoms with Crippen LogP contribution in [0.1, 0.15) is 10.4 Å². The highest BCUT2D eigenvalue weighted by molar-refractivity contribution is 7.99. The van der Waals surface area contributed by atoms with E-state index in [4.69, 9.17) is 75.8 Å². The highest BCUT2D eigenvalue weighted by Gasteiger charge is 2.60. The Labute approximate surface area is 551 Å². The van der Waals surface area contributed by atoms with Crippen molar-refractivity contribution >= 4 is 17.7 Å². The molecule has 0 unspecified atom stereocenters. The largest absolute Gasteiger partial charge is 0.478 e. The van der Waals surface area contributed by atoms with Crippen LogP contribution in [-0.4, -0.2) is 426 Å². The molecule has 1 aromatic carbocycles. The summed E-state index contributed by atoms with van der Waals surface area (Å²) in [6.07, 6.45) is -82.8. The van der Waals surface area contributed by atoms with Crippen LogP contribution in [-0.2, 0) is 75.8 Å². The van der Waals surface area contributed by atoms with Crippen molar-refractivity contribution in [3.8, 4) is 0 Å². The lowest BCUT2D eigenvalue weighted by molar-refractivity contribution is -0.403. The Kier molecular flexibility index (Phi) is 26.3. The molecule has 0 aromatic heterocycles. The number of carboxylic acid groups (broad SMARTS) is 1. The van der Waals surface area contributed by atoms with E-state index in [1.165, 1.54) is 24.3 Å². The molecule has 97 heavy (non-hydrogen) atoms. The van der Waals surface area contributed by atoms with Crippen molar-refractivity contribution < 1.29 is 203 Å². The molecule has 0 saturated carbocycles.